The Labute approximate surface area is 350 Å². The van der Waals surface area contributed by atoms with Gasteiger partial charge in [-0.2, -0.15) is 0 Å². The van der Waals surface area contributed by atoms with Crippen molar-refractivity contribution in [1.29, 1.82) is 0 Å². The minimum absolute atomic E-state index is 0.149. The van der Waals surface area contributed by atoms with E-state index in [1.165, 1.54) is 0 Å². The number of esters is 1. The summed E-state index contributed by atoms with van der Waals surface area (Å²) in [5, 5.41) is 28.9. The molecule has 0 rings (SSSR count). The molecule has 0 bridgehead atoms. The number of carboxylic acids is 2. The van der Waals surface area contributed by atoms with Crippen LogP contribution in [0, 0.1) is 5.92 Å². The Hall–Kier alpha value is -4.23. The average molecular weight is 848 g/mol. The van der Waals surface area contributed by atoms with Gasteiger partial charge in [0, 0.05) is 19.0 Å². The van der Waals surface area contributed by atoms with Crippen LogP contribution in [0.25, 0.3) is 0 Å². The maximum absolute atomic E-state index is 13.1. The van der Waals surface area contributed by atoms with Crippen LogP contribution in [0.15, 0.2) is 0 Å². The summed E-state index contributed by atoms with van der Waals surface area (Å²) in [6.45, 7) is 17.4. The van der Waals surface area contributed by atoms with Gasteiger partial charge in [-0.1, -0.05) is 12.8 Å². The predicted octanol–water partition coefficient (Wildman–Crippen LogP) is 3.43. The summed E-state index contributed by atoms with van der Waals surface area (Å²) < 4.78 is 15.7. The second-order valence-electron chi connectivity index (χ2n) is 17.3. The maximum Gasteiger partial charge on any atom is 0.407 e. The number of nitrogens with one attached hydrogen (secondary N) is 4. The minimum atomic E-state index is -1.19. The zero-order valence-corrected chi connectivity index (χ0v) is 37.0. The molecule has 0 unspecified atom stereocenters. The molecule has 0 aromatic carbocycles. The fourth-order valence-corrected chi connectivity index (χ4v) is 5.12. The topological polar surface area (TPSA) is 314 Å². The van der Waals surface area contributed by atoms with Gasteiger partial charge < -0.3 is 62.9 Å². The molecule has 0 saturated heterocycles. The van der Waals surface area contributed by atoms with Gasteiger partial charge in [-0.25, -0.2) is 19.2 Å². The number of carboxylic acid groups (broad SMARTS) is 2. The molecule has 0 saturated carbocycles. The highest BCUT2D eigenvalue weighted by Gasteiger charge is 2.29. The smallest absolute Gasteiger partial charge is 0.407 e. The molecule has 0 radical (unpaired) electrons. The Morgan fingerprint density at radius 3 is 1.29 bits per heavy atom. The molecule has 0 heterocycles. The van der Waals surface area contributed by atoms with Gasteiger partial charge in [-0.3, -0.25) is 14.4 Å². The molecule has 4 amide bonds. The molecule has 344 valence electrons. The van der Waals surface area contributed by atoms with Crippen LogP contribution in [0.2, 0.25) is 0 Å². The van der Waals surface area contributed by atoms with Crippen molar-refractivity contribution in [3.63, 3.8) is 0 Å². The van der Waals surface area contributed by atoms with Gasteiger partial charge in [0.1, 0.15) is 28.9 Å². The summed E-state index contributed by atoms with van der Waals surface area (Å²) in [7, 11) is 0. The number of ether oxygens (including phenoxy) is 3. The lowest BCUT2D eigenvalue weighted by Crippen LogP contribution is -2.48. The van der Waals surface area contributed by atoms with Crippen LogP contribution in [0.4, 0.5) is 9.59 Å². The number of carbonyl (C=O) groups excluding carboxylic acids is 5. The molecule has 0 aliphatic rings. The second-order valence-corrected chi connectivity index (χ2v) is 17.3. The van der Waals surface area contributed by atoms with E-state index in [2.05, 4.69) is 21.3 Å². The van der Waals surface area contributed by atoms with E-state index < -0.39 is 82.8 Å². The zero-order valence-electron chi connectivity index (χ0n) is 37.0. The number of carbonyl (C=O) groups is 7. The highest BCUT2D eigenvalue weighted by atomic mass is 16.6. The molecule has 19 heteroatoms. The number of amides is 4. The van der Waals surface area contributed by atoms with E-state index in [0.29, 0.717) is 77.5 Å². The SMILES string of the molecule is CC(C)(C)OC(=O)C[C@@H](CCCCNC(=O)OC(C)(C)C)C(=O)N[C@@H](CCCCNC(=O)OC(C)(C)C)C(=O)O.NCCCC[C@H](NC(=O)[C@@H](N)CCCCN)C(=O)O. The van der Waals surface area contributed by atoms with Gasteiger partial charge in [-0.05, 0) is 140 Å². The van der Waals surface area contributed by atoms with Crippen molar-refractivity contribution in [2.45, 2.75) is 181 Å². The van der Waals surface area contributed by atoms with E-state index >= 15 is 0 Å². The van der Waals surface area contributed by atoms with Crippen molar-refractivity contribution in [1.82, 2.24) is 21.3 Å². The molecule has 0 fully saturated rings. The van der Waals surface area contributed by atoms with Crippen molar-refractivity contribution in [2.24, 2.45) is 23.1 Å². The summed E-state index contributed by atoms with van der Waals surface area (Å²) in [5.74, 6) is -4.56. The normalized spacial score (nSPS) is 13.6. The van der Waals surface area contributed by atoms with Gasteiger partial charge in [0.2, 0.25) is 11.8 Å². The zero-order chi connectivity index (χ0) is 45.8. The van der Waals surface area contributed by atoms with Crippen molar-refractivity contribution in [2.75, 3.05) is 26.2 Å². The van der Waals surface area contributed by atoms with E-state index in [-0.39, 0.29) is 12.8 Å². The Bertz CT molecular complexity index is 1280. The highest BCUT2D eigenvalue weighted by molar-refractivity contribution is 5.88. The van der Waals surface area contributed by atoms with Gasteiger partial charge in [-0.15, -0.1) is 0 Å². The van der Waals surface area contributed by atoms with Gasteiger partial charge in [0.15, 0.2) is 0 Å². The molecule has 0 aromatic rings. The highest BCUT2D eigenvalue weighted by Crippen LogP contribution is 2.18. The lowest BCUT2D eigenvalue weighted by molar-refractivity contribution is -0.157. The first-order valence-electron chi connectivity index (χ1n) is 20.6. The lowest BCUT2D eigenvalue weighted by atomic mass is 9.96. The van der Waals surface area contributed by atoms with Crippen LogP contribution in [0.1, 0.15) is 146 Å². The van der Waals surface area contributed by atoms with Crippen LogP contribution in [-0.2, 0) is 38.2 Å². The van der Waals surface area contributed by atoms with Crippen molar-refractivity contribution >= 4 is 41.9 Å². The largest absolute Gasteiger partial charge is 0.480 e. The number of alkyl carbamates (subject to hydrolysis) is 2. The molecule has 4 atom stereocenters. The Morgan fingerprint density at radius 2 is 0.898 bits per heavy atom. The van der Waals surface area contributed by atoms with Crippen molar-refractivity contribution in [3.8, 4) is 0 Å². The number of rotatable bonds is 26. The average Bonchev–Trinajstić information content (AvgIpc) is 3.07. The third-order valence-corrected chi connectivity index (χ3v) is 7.92. The Kier molecular flexibility index (Phi) is 28.8. The van der Waals surface area contributed by atoms with Crippen molar-refractivity contribution < 1.29 is 58.0 Å². The molecule has 59 heavy (non-hydrogen) atoms. The fraction of sp³-hybridized carbons (Fsp3) is 0.825. The number of hydrogen-bond donors (Lipinski definition) is 9. The van der Waals surface area contributed by atoms with E-state index in [1.807, 2.05) is 0 Å². The van der Waals surface area contributed by atoms with Gasteiger partial charge in [0.25, 0.3) is 0 Å². The second kappa shape index (κ2) is 29.9. The molecular formula is C40H77N7O12. The number of unbranched alkanes of at least 4 members (excludes halogenated alkanes) is 4. The van der Waals surface area contributed by atoms with Crippen LogP contribution < -0.4 is 38.5 Å². The number of hydrogen-bond acceptors (Lipinski definition) is 13. The van der Waals surface area contributed by atoms with Crippen LogP contribution in [0.5, 0.6) is 0 Å². The molecule has 0 spiro atoms. The lowest BCUT2D eigenvalue weighted by Gasteiger charge is -2.23. The molecule has 19 nitrogen and oxygen atoms in total. The molecule has 0 aliphatic heterocycles. The standard InChI is InChI=1S/C28H51N3O9.C12H26N4O3/c1-26(2,3)38-21(32)18-19(14-10-12-16-29-24(36)39-27(4,5)6)22(33)31-20(23(34)35)15-11-13-17-30-25(37)40-28(7,8)9;13-7-3-1-5-9(15)11(17)16-10(12(18)19)6-2-4-8-14/h19-20H,10-18H2,1-9H3,(H,29,36)(H,30,37)(H,31,33)(H,34,35);9-10H,1-8,13-15H2,(H,16,17)(H,18,19)/t19-,20+;9-,10-/m10/s1. The van der Waals surface area contributed by atoms with Crippen LogP contribution >= 0.6 is 0 Å². The summed E-state index contributed by atoms with van der Waals surface area (Å²) in [6, 6.07) is -2.72. The maximum atomic E-state index is 13.1. The number of nitrogens with two attached hydrogens (primary N) is 3. The Balaban J connectivity index is 0. The monoisotopic (exact) mass is 848 g/mol. The molecular weight excluding hydrogens is 770 g/mol. The van der Waals surface area contributed by atoms with E-state index in [0.717, 1.165) is 19.3 Å². The van der Waals surface area contributed by atoms with E-state index in [9.17, 15) is 38.7 Å². The first kappa shape index (κ1) is 56.9. The molecule has 12 N–H and O–H groups in total. The summed E-state index contributed by atoms with van der Waals surface area (Å²) in [6.07, 6.45) is 4.96. The van der Waals surface area contributed by atoms with Gasteiger partial charge in [0.05, 0.1) is 12.5 Å². The summed E-state index contributed by atoms with van der Waals surface area (Å²) in [4.78, 5) is 83.6. The Morgan fingerprint density at radius 1 is 0.525 bits per heavy atom. The summed E-state index contributed by atoms with van der Waals surface area (Å²) in [5.41, 5.74) is 14.4. The van der Waals surface area contributed by atoms with Crippen LogP contribution in [0.3, 0.4) is 0 Å². The quantitative estimate of drug-likeness (QED) is 0.0342. The first-order chi connectivity index (χ1) is 27.2. The predicted molar refractivity (Wildman–Crippen MR) is 223 cm³/mol. The summed E-state index contributed by atoms with van der Waals surface area (Å²) >= 11 is 0. The number of aliphatic carboxylic acids is 2. The van der Waals surface area contributed by atoms with E-state index in [1.54, 1.807) is 62.3 Å². The minimum Gasteiger partial charge on any atom is -0.480 e. The third kappa shape index (κ3) is 34.4. The fourth-order valence-electron chi connectivity index (χ4n) is 5.12. The van der Waals surface area contributed by atoms with E-state index in [4.69, 9.17) is 36.5 Å². The molecule has 0 aliphatic carbocycles. The van der Waals surface area contributed by atoms with Gasteiger partial charge >= 0.3 is 30.1 Å². The van der Waals surface area contributed by atoms with Crippen molar-refractivity contribution in [3.05, 3.63) is 0 Å². The molecule has 0 aromatic heterocycles. The third-order valence-electron chi connectivity index (χ3n) is 7.92. The first-order valence-corrected chi connectivity index (χ1v) is 20.6. The van der Waals surface area contributed by atoms with Crippen LogP contribution in [-0.4, -0.2) is 113 Å².